The summed E-state index contributed by atoms with van der Waals surface area (Å²) in [5.41, 5.74) is 1.03. The van der Waals surface area contributed by atoms with Gasteiger partial charge in [-0.3, -0.25) is 15.1 Å². The number of nitrogens with one attached hydrogen (secondary N) is 2. The van der Waals surface area contributed by atoms with Gasteiger partial charge in [0.25, 0.3) is 5.69 Å². The number of hydrogen-bond donors (Lipinski definition) is 2. The van der Waals surface area contributed by atoms with Crippen molar-refractivity contribution in [2.45, 2.75) is 25.3 Å². The van der Waals surface area contributed by atoms with E-state index in [1.54, 1.807) is 30.6 Å². The van der Waals surface area contributed by atoms with Crippen LogP contribution < -0.4 is 10.6 Å². The van der Waals surface area contributed by atoms with Gasteiger partial charge in [0.05, 0.1) is 10.3 Å². The fourth-order valence-electron chi connectivity index (χ4n) is 2.87. The second kappa shape index (κ2) is 6.05. The third kappa shape index (κ3) is 2.95. The van der Waals surface area contributed by atoms with Crippen LogP contribution in [0.2, 0.25) is 0 Å². The van der Waals surface area contributed by atoms with Gasteiger partial charge in [-0.2, -0.15) is 0 Å². The predicted octanol–water partition coefficient (Wildman–Crippen LogP) is 2.70. The monoisotopic (exact) mass is 286 g/mol. The topological polar surface area (TPSA) is 80.1 Å². The van der Waals surface area contributed by atoms with Crippen molar-refractivity contribution in [3.63, 3.8) is 0 Å². The van der Waals surface area contributed by atoms with E-state index >= 15 is 0 Å². The summed E-state index contributed by atoms with van der Waals surface area (Å²) in [6.07, 6.45) is 6.79. The molecule has 1 saturated heterocycles. The quantitative estimate of drug-likeness (QED) is 0.652. The first kappa shape index (κ1) is 13.8. The van der Waals surface area contributed by atoms with Crippen molar-refractivity contribution >= 4 is 22.1 Å². The van der Waals surface area contributed by atoms with Crippen LogP contribution in [-0.2, 0) is 0 Å². The Kier molecular flexibility index (Phi) is 3.96. The van der Waals surface area contributed by atoms with E-state index in [1.165, 1.54) is 12.8 Å². The molecule has 0 aliphatic carbocycles. The second-order valence-corrected chi connectivity index (χ2v) is 5.32. The van der Waals surface area contributed by atoms with Crippen molar-refractivity contribution in [1.29, 1.82) is 0 Å². The van der Waals surface area contributed by atoms with E-state index in [0.29, 0.717) is 11.4 Å². The molecule has 2 N–H and O–H groups in total. The summed E-state index contributed by atoms with van der Waals surface area (Å²) in [5, 5.41) is 19.3. The lowest BCUT2D eigenvalue weighted by Crippen LogP contribution is -2.24. The van der Waals surface area contributed by atoms with E-state index < -0.39 is 0 Å². The molecule has 0 spiro atoms. The number of aromatic nitrogens is 1. The molecule has 0 saturated carbocycles. The number of nitro benzene ring substituents is 1. The van der Waals surface area contributed by atoms with E-state index in [0.717, 1.165) is 30.6 Å². The summed E-state index contributed by atoms with van der Waals surface area (Å²) in [6.45, 7) is 1.95. The van der Waals surface area contributed by atoms with Crippen molar-refractivity contribution in [2.24, 2.45) is 0 Å². The van der Waals surface area contributed by atoms with E-state index in [-0.39, 0.29) is 10.6 Å². The molecule has 2 aromatic rings. The average molecular weight is 286 g/mol. The smallest absolute Gasteiger partial charge is 0.277 e. The molecule has 6 heteroatoms. The Bertz CT molecular complexity index is 653. The normalized spacial score (nSPS) is 18.0. The molecule has 0 amide bonds. The Morgan fingerprint density at radius 1 is 1.38 bits per heavy atom. The van der Waals surface area contributed by atoms with Crippen LogP contribution >= 0.6 is 0 Å². The van der Waals surface area contributed by atoms with Crippen LogP contribution in [-0.4, -0.2) is 29.0 Å². The minimum absolute atomic E-state index is 0.121. The lowest BCUT2D eigenvalue weighted by molar-refractivity contribution is -0.383. The van der Waals surface area contributed by atoms with E-state index in [9.17, 15) is 10.1 Å². The molecule has 0 radical (unpaired) electrons. The molecule has 1 atom stereocenters. The Morgan fingerprint density at radius 2 is 2.29 bits per heavy atom. The van der Waals surface area contributed by atoms with Gasteiger partial charge < -0.3 is 10.6 Å². The van der Waals surface area contributed by atoms with Crippen molar-refractivity contribution in [1.82, 2.24) is 10.3 Å². The molecule has 0 unspecified atom stereocenters. The molecule has 3 rings (SSSR count). The van der Waals surface area contributed by atoms with Gasteiger partial charge in [-0.25, -0.2) is 0 Å². The van der Waals surface area contributed by atoms with E-state index in [1.807, 2.05) is 0 Å². The zero-order valence-corrected chi connectivity index (χ0v) is 11.7. The molecule has 0 bridgehead atoms. The third-order valence-electron chi connectivity index (χ3n) is 3.96. The second-order valence-electron chi connectivity index (χ2n) is 5.32. The van der Waals surface area contributed by atoms with Crippen LogP contribution in [0.5, 0.6) is 0 Å². The van der Waals surface area contributed by atoms with Gasteiger partial charge >= 0.3 is 0 Å². The highest BCUT2D eigenvalue weighted by Crippen LogP contribution is 2.30. The number of anilines is 1. The minimum atomic E-state index is -0.353. The summed E-state index contributed by atoms with van der Waals surface area (Å²) >= 11 is 0. The summed E-state index contributed by atoms with van der Waals surface area (Å²) in [6, 6.07) is 5.60. The zero-order chi connectivity index (χ0) is 14.7. The Morgan fingerprint density at radius 3 is 3.05 bits per heavy atom. The molecule has 1 aliphatic rings. The van der Waals surface area contributed by atoms with Gasteiger partial charge in [0, 0.05) is 42.1 Å². The number of rotatable bonds is 5. The first-order chi connectivity index (χ1) is 10.3. The summed E-state index contributed by atoms with van der Waals surface area (Å²) in [4.78, 5) is 14.8. The molecule has 21 heavy (non-hydrogen) atoms. The van der Waals surface area contributed by atoms with Crippen LogP contribution in [0.15, 0.2) is 30.6 Å². The zero-order valence-electron chi connectivity index (χ0n) is 11.7. The highest BCUT2D eigenvalue weighted by Gasteiger charge is 2.15. The number of benzene rings is 1. The van der Waals surface area contributed by atoms with Crippen molar-refractivity contribution in [2.75, 3.05) is 18.4 Å². The van der Waals surface area contributed by atoms with Crippen LogP contribution in [0.25, 0.3) is 10.8 Å². The minimum Gasteiger partial charge on any atom is -0.384 e. The largest absolute Gasteiger partial charge is 0.384 e. The highest BCUT2D eigenvalue weighted by atomic mass is 16.6. The maximum atomic E-state index is 11.1. The van der Waals surface area contributed by atoms with Gasteiger partial charge in [0.2, 0.25) is 0 Å². The van der Waals surface area contributed by atoms with Crippen molar-refractivity contribution in [3.05, 3.63) is 40.7 Å². The van der Waals surface area contributed by atoms with Crippen LogP contribution in [0.1, 0.15) is 19.3 Å². The summed E-state index contributed by atoms with van der Waals surface area (Å²) in [5.74, 6) is 0. The van der Waals surface area contributed by atoms with Gasteiger partial charge in [-0.1, -0.05) is 0 Å². The van der Waals surface area contributed by atoms with E-state index in [2.05, 4.69) is 15.6 Å². The standard InChI is InChI=1S/C15H18N4O2/c20-19(21)15-4-3-14(13-10-16-8-6-12(13)15)18-9-5-11-2-1-7-17-11/h3-4,6,8,10-11,17-18H,1-2,5,7,9H2/t11-/m0/s1. The van der Waals surface area contributed by atoms with Crippen molar-refractivity contribution < 1.29 is 4.92 Å². The summed E-state index contributed by atoms with van der Waals surface area (Å²) < 4.78 is 0. The fraction of sp³-hybridized carbons (Fsp3) is 0.400. The molecular weight excluding hydrogens is 268 g/mol. The number of nitro groups is 1. The van der Waals surface area contributed by atoms with Crippen molar-refractivity contribution in [3.8, 4) is 0 Å². The number of hydrogen-bond acceptors (Lipinski definition) is 5. The Balaban J connectivity index is 1.79. The van der Waals surface area contributed by atoms with Gasteiger partial charge in [0.15, 0.2) is 0 Å². The molecule has 1 aliphatic heterocycles. The first-order valence-corrected chi connectivity index (χ1v) is 7.24. The lowest BCUT2D eigenvalue weighted by atomic mass is 10.1. The molecule has 1 fully saturated rings. The Hall–Kier alpha value is -2.21. The highest BCUT2D eigenvalue weighted by molar-refractivity contribution is 5.99. The number of nitrogens with zero attached hydrogens (tertiary/aromatic N) is 2. The molecule has 1 aromatic heterocycles. The van der Waals surface area contributed by atoms with Crippen LogP contribution in [0.3, 0.4) is 0 Å². The predicted molar refractivity (Wildman–Crippen MR) is 82.5 cm³/mol. The van der Waals surface area contributed by atoms with Crippen LogP contribution in [0.4, 0.5) is 11.4 Å². The third-order valence-corrected chi connectivity index (χ3v) is 3.96. The number of non-ortho nitro benzene ring substituents is 1. The molecule has 2 heterocycles. The fourth-order valence-corrected chi connectivity index (χ4v) is 2.87. The molecular formula is C15H18N4O2. The Labute approximate surface area is 122 Å². The van der Waals surface area contributed by atoms with Gasteiger partial charge in [0.1, 0.15) is 0 Å². The first-order valence-electron chi connectivity index (χ1n) is 7.24. The maximum absolute atomic E-state index is 11.1. The van der Waals surface area contributed by atoms with Gasteiger partial charge in [-0.15, -0.1) is 0 Å². The molecule has 1 aromatic carbocycles. The average Bonchev–Trinajstić information content (AvgIpc) is 3.00. The SMILES string of the molecule is O=[N+]([O-])c1ccc(NCC[C@@H]2CCCN2)c2cnccc12. The number of fused-ring (bicyclic) bond motifs is 1. The van der Waals surface area contributed by atoms with Gasteiger partial charge in [-0.05, 0) is 37.9 Å². The van der Waals surface area contributed by atoms with E-state index in [4.69, 9.17) is 0 Å². The van der Waals surface area contributed by atoms with Crippen LogP contribution in [0, 0.1) is 10.1 Å². The molecule has 6 nitrogen and oxygen atoms in total. The maximum Gasteiger partial charge on any atom is 0.277 e. The lowest BCUT2D eigenvalue weighted by Gasteiger charge is -2.13. The molecule has 110 valence electrons. The number of pyridine rings is 1. The summed E-state index contributed by atoms with van der Waals surface area (Å²) in [7, 11) is 0.